The van der Waals surface area contributed by atoms with Gasteiger partial charge in [0, 0.05) is 11.6 Å². The minimum absolute atomic E-state index is 0.0184. The van der Waals surface area contributed by atoms with Crippen LogP contribution in [0.3, 0.4) is 0 Å². The number of aryl methyl sites for hydroxylation is 2. The van der Waals surface area contributed by atoms with Crippen LogP contribution in [0.5, 0.6) is 0 Å². The molecule has 1 aromatic rings. The Hall–Kier alpha value is -1.89. The molecule has 1 N–H and O–H groups in total. The van der Waals surface area contributed by atoms with E-state index in [-0.39, 0.29) is 41.3 Å². The molecule has 6 nitrogen and oxygen atoms in total. The first-order valence-electron chi connectivity index (χ1n) is 9.88. The molecule has 1 saturated heterocycles. The first-order chi connectivity index (χ1) is 13.5. The van der Waals surface area contributed by atoms with Crippen LogP contribution in [0.15, 0.2) is 18.2 Å². The normalized spacial score (nSPS) is 32.3. The molecule has 0 radical (unpaired) electrons. The SMILES string of the molecule is CCc1cccc(CC)c1NC(=O)COC(=O)[C@@H]1[C@H]2C[C@H]3[C@H](OC(=O)[C@H]31)[C@H]2Br. The molecule has 3 fully saturated rings. The van der Waals surface area contributed by atoms with Crippen molar-refractivity contribution in [3.05, 3.63) is 29.3 Å². The molecule has 7 heteroatoms. The molecule has 3 aliphatic rings. The van der Waals surface area contributed by atoms with E-state index < -0.39 is 17.8 Å². The van der Waals surface area contributed by atoms with E-state index in [2.05, 4.69) is 21.2 Å². The molecule has 0 aromatic heterocycles. The highest BCUT2D eigenvalue weighted by Gasteiger charge is 2.68. The van der Waals surface area contributed by atoms with E-state index in [0.29, 0.717) is 0 Å². The summed E-state index contributed by atoms with van der Waals surface area (Å²) >= 11 is 3.58. The minimum Gasteiger partial charge on any atom is -0.461 e. The average molecular weight is 450 g/mol. The lowest BCUT2D eigenvalue weighted by Crippen LogP contribution is -2.39. The number of halogens is 1. The molecule has 1 heterocycles. The minimum atomic E-state index is -0.525. The second-order valence-electron chi connectivity index (χ2n) is 7.78. The number of benzene rings is 1. The average Bonchev–Trinajstić information content (AvgIpc) is 3.30. The highest BCUT2D eigenvalue weighted by molar-refractivity contribution is 9.09. The van der Waals surface area contributed by atoms with Gasteiger partial charge in [-0.3, -0.25) is 14.4 Å². The van der Waals surface area contributed by atoms with Gasteiger partial charge in [0.1, 0.15) is 6.10 Å². The molecule has 0 spiro atoms. The zero-order valence-electron chi connectivity index (χ0n) is 15.9. The van der Waals surface area contributed by atoms with Crippen molar-refractivity contribution in [3.63, 3.8) is 0 Å². The zero-order valence-corrected chi connectivity index (χ0v) is 17.5. The largest absolute Gasteiger partial charge is 0.461 e. The number of hydrogen-bond donors (Lipinski definition) is 1. The fourth-order valence-corrected chi connectivity index (χ4v) is 6.15. The van der Waals surface area contributed by atoms with Crippen LogP contribution >= 0.6 is 15.9 Å². The van der Waals surface area contributed by atoms with Crippen LogP contribution in [0, 0.1) is 23.7 Å². The fraction of sp³-hybridized carbons (Fsp3) is 0.571. The van der Waals surface area contributed by atoms with E-state index in [1.807, 2.05) is 32.0 Å². The van der Waals surface area contributed by atoms with Gasteiger partial charge in [-0.25, -0.2) is 0 Å². The highest BCUT2D eigenvalue weighted by atomic mass is 79.9. The van der Waals surface area contributed by atoms with Crippen molar-refractivity contribution < 1.29 is 23.9 Å². The van der Waals surface area contributed by atoms with Crippen molar-refractivity contribution in [2.45, 2.75) is 44.0 Å². The third-order valence-electron chi connectivity index (χ3n) is 6.40. The van der Waals surface area contributed by atoms with Crippen LogP contribution < -0.4 is 5.32 Å². The molecule has 150 valence electrons. The monoisotopic (exact) mass is 449 g/mol. The number of hydrogen-bond acceptors (Lipinski definition) is 5. The lowest BCUT2D eigenvalue weighted by molar-refractivity contribution is -0.157. The lowest BCUT2D eigenvalue weighted by atomic mass is 9.80. The third kappa shape index (κ3) is 3.04. The summed E-state index contributed by atoms with van der Waals surface area (Å²) in [5.74, 6) is -2.00. The van der Waals surface area contributed by atoms with Gasteiger partial charge >= 0.3 is 11.9 Å². The van der Waals surface area contributed by atoms with Gasteiger partial charge in [0.15, 0.2) is 6.61 Å². The number of carbonyl (C=O) groups is 3. The number of para-hydroxylation sites is 1. The van der Waals surface area contributed by atoms with Crippen LogP contribution in [-0.4, -0.2) is 35.4 Å². The third-order valence-corrected chi connectivity index (χ3v) is 7.60. The van der Waals surface area contributed by atoms with E-state index in [0.717, 1.165) is 36.1 Å². The zero-order chi connectivity index (χ0) is 20.0. The second-order valence-corrected chi connectivity index (χ2v) is 8.83. The summed E-state index contributed by atoms with van der Waals surface area (Å²) in [6.45, 7) is 3.71. The lowest BCUT2D eigenvalue weighted by Gasteiger charge is -2.26. The van der Waals surface area contributed by atoms with Gasteiger partial charge in [-0.05, 0) is 36.3 Å². The van der Waals surface area contributed by atoms with Gasteiger partial charge < -0.3 is 14.8 Å². The van der Waals surface area contributed by atoms with Gasteiger partial charge in [0.25, 0.3) is 5.91 Å². The Morgan fingerprint density at radius 2 is 1.89 bits per heavy atom. The Bertz CT molecular complexity index is 803. The number of carbonyl (C=O) groups excluding carboxylic acids is 3. The van der Waals surface area contributed by atoms with Gasteiger partial charge in [-0.1, -0.05) is 48.0 Å². The summed E-state index contributed by atoms with van der Waals surface area (Å²) in [5.41, 5.74) is 2.90. The molecule has 2 bridgehead atoms. The smallest absolute Gasteiger partial charge is 0.310 e. The number of rotatable bonds is 6. The van der Waals surface area contributed by atoms with Gasteiger partial charge in [0.2, 0.25) is 0 Å². The maximum Gasteiger partial charge on any atom is 0.310 e. The molecular formula is C21H24BrNO5. The molecule has 0 unspecified atom stereocenters. The Labute approximate surface area is 172 Å². The predicted octanol–water partition coefficient (Wildman–Crippen LogP) is 2.86. The maximum absolute atomic E-state index is 12.7. The molecule has 4 rings (SSSR count). The van der Waals surface area contributed by atoms with E-state index in [4.69, 9.17) is 9.47 Å². The van der Waals surface area contributed by atoms with Crippen LogP contribution in [0.4, 0.5) is 5.69 Å². The molecule has 1 aromatic carbocycles. The van der Waals surface area contributed by atoms with E-state index in [1.54, 1.807) is 0 Å². The van der Waals surface area contributed by atoms with Crippen LogP contribution in [0.2, 0.25) is 0 Å². The summed E-state index contributed by atoms with van der Waals surface area (Å²) < 4.78 is 10.7. The number of alkyl halides is 1. The maximum atomic E-state index is 12.7. The summed E-state index contributed by atoms with van der Waals surface area (Å²) in [5, 5.41) is 2.89. The standard InChI is InChI=1S/C21H24BrNO5/c1-3-10-6-5-7-11(4-2)18(10)23-14(24)9-27-20(25)15-12-8-13-16(15)21(26)28-19(13)17(12)22/h5-7,12-13,15-17,19H,3-4,8-9H2,1-2H3,(H,23,24)/t12-,13-,15-,16-,17+,19+/m1/s1. The van der Waals surface area contributed by atoms with Crippen LogP contribution in [0.25, 0.3) is 0 Å². The van der Waals surface area contributed by atoms with Crippen molar-refractivity contribution in [3.8, 4) is 0 Å². The first-order valence-corrected chi connectivity index (χ1v) is 10.8. The number of esters is 2. The number of fused-ring (bicyclic) bond motifs is 1. The molecule has 28 heavy (non-hydrogen) atoms. The quantitative estimate of drug-likeness (QED) is 0.533. The molecule has 2 aliphatic carbocycles. The van der Waals surface area contributed by atoms with Crippen LogP contribution in [0.1, 0.15) is 31.4 Å². The molecule has 1 aliphatic heterocycles. The molecule has 1 amide bonds. The first kappa shape index (κ1) is 19.4. The van der Waals surface area contributed by atoms with Gasteiger partial charge in [-0.15, -0.1) is 0 Å². The Morgan fingerprint density at radius 3 is 2.54 bits per heavy atom. The number of ether oxygens (including phenoxy) is 2. The van der Waals surface area contributed by atoms with Crippen molar-refractivity contribution in [2.24, 2.45) is 23.7 Å². The second kappa shape index (κ2) is 7.50. The predicted molar refractivity (Wildman–Crippen MR) is 106 cm³/mol. The number of nitrogens with one attached hydrogen (secondary N) is 1. The van der Waals surface area contributed by atoms with Crippen molar-refractivity contribution in [1.82, 2.24) is 0 Å². The van der Waals surface area contributed by atoms with Gasteiger partial charge in [0.05, 0.1) is 16.7 Å². The van der Waals surface area contributed by atoms with Gasteiger partial charge in [-0.2, -0.15) is 0 Å². The highest BCUT2D eigenvalue weighted by Crippen LogP contribution is 2.60. The fourth-order valence-electron chi connectivity index (χ4n) is 5.11. The van der Waals surface area contributed by atoms with E-state index in [1.165, 1.54) is 0 Å². The summed E-state index contributed by atoms with van der Waals surface area (Å²) in [6.07, 6.45) is 2.25. The van der Waals surface area contributed by atoms with E-state index >= 15 is 0 Å². The van der Waals surface area contributed by atoms with Crippen LogP contribution in [-0.2, 0) is 36.7 Å². The Balaban J connectivity index is 1.40. The molecule has 6 atom stereocenters. The van der Waals surface area contributed by atoms with Crippen molar-refractivity contribution >= 4 is 39.5 Å². The van der Waals surface area contributed by atoms with Crippen molar-refractivity contribution in [1.29, 1.82) is 0 Å². The molecular weight excluding hydrogens is 426 g/mol. The number of anilines is 1. The summed E-state index contributed by atoms with van der Waals surface area (Å²) in [4.78, 5) is 37.2. The summed E-state index contributed by atoms with van der Waals surface area (Å²) in [6, 6.07) is 5.94. The summed E-state index contributed by atoms with van der Waals surface area (Å²) in [7, 11) is 0. The number of amides is 1. The van der Waals surface area contributed by atoms with Crippen molar-refractivity contribution in [2.75, 3.05) is 11.9 Å². The molecule has 2 saturated carbocycles. The Morgan fingerprint density at radius 1 is 1.21 bits per heavy atom. The topological polar surface area (TPSA) is 81.7 Å². The Kier molecular flexibility index (Phi) is 5.21. The van der Waals surface area contributed by atoms with E-state index in [9.17, 15) is 14.4 Å².